The van der Waals surface area contributed by atoms with Crippen LogP contribution in [0.4, 0.5) is 0 Å². The number of nitrogens with one attached hydrogen (secondary N) is 2. The van der Waals surface area contributed by atoms with E-state index in [1.807, 2.05) is 30.3 Å². The van der Waals surface area contributed by atoms with Crippen LogP contribution in [-0.4, -0.2) is 27.9 Å². The molecule has 0 unspecified atom stereocenters. The number of carbonyl (C=O) groups is 1. The summed E-state index contributed by atoms with van der Waals surface area (Å²) in [5, 5.41) is 3.29. The molecule has 2 N–H and O–H groups in total. The van der Waals surface area contributed by atoms with Crippen LogP contribution < -0.4 is 10.1 Å². The molecule has 1 aromatic carbocycles. The molecule has 0 saturated carbocycles. The van der Waals surface area contributed by atoms with Crippen molar-refractivity contribution in [1.29, 1.82) is 0 Å². The molecule has 2 heterocycles. The van der Waals surface area contributed by atoms with E-state index in [9.17, 15) is 4.79 Å². The van der Waals surface area contributed by atoms with Crippen molar-refractivity contribution in [2.24, 2.45) is 0 Å². The van der Waals surface area contributed by atoms with Gasteiger partial charge in [0.25, 0.3) is 0 Å². The summed E-state index contributed by atoms with van der Waals surface area (Å²) >= 11 is 0. The number of likely N-dealkylation sites (N-methyl/N-ethyl adjacent to an activating group) is 1. The molecule has 0 atom stereocenters. The molecule has 0 aliphatic heterocycles. The maximum Gasteiger partial charge on any atom is 0.243 e. The van der Waals surface area contributed by atoms with Crippen molar-refractivity contribution in [2.75, 3.05) is 7.05 Å². The first-order chi connectivity index (χ1) is 11.3. The number of aromatic amines is 1. The summed E-state index contributed by atoms with van der Waals surface area (Å²) in [6.07, 6.45) is 6.38. The van der Waals surface area contributed by atoms with Crippen molar-refractivity contribution in [1.82, 2.24) is 20.3 Å². The van der Waals surface area contributed by atoms with E-state index >= 15 is 0 Å². The molecule has 3 rings (SSSR count). The highest BCUT2D eigenvalue weighted by Gasteiger charge is 2.11. The lowest BCUT2D eigenvalue weighted by atomic mass is 10.2. The second kappa shape index (κ2) is 6.74. The smallest absolute Gasteiger partial charge is 0.243 e. The third kappa shape index (κ3) is 3.37. The molecule has 23 heavy (non-hydrogen) atoms. The fourth-order valence-electron chi connectivity index (χ4n) is 2.17. The van der Waals surface area contributed by atoms with Gasteiger partial charge in [0.1, 0.15) is 18.6 Å². The molecule has 0 aliphatic carbocycles. The number of benzene rings is 1. The molecule has 2 aromatic heterocycles. The first kappa shape index (κ1) is 14.8. The number of rotatable bonds is 5. The Morgan fingerprint density at radius 3 is 2.91 bits per heavy atom. The highest BCUT2D eigenvalue weighted by Crippen LogP contribution is 2.26. The molecule has 3 aromatic rings. The van der Waals surface area contributed by atoms with Crippen molar-refractivity contribution >= 4 is 23.0 Å². The van der Waals surface area contributed by atoms with E-state index in [0.29, 0.717) is 18.1 Å². The number of ether oxygens (including phenoxy) is 1. The Bertz CT molecular complexity index is 840. The SMILES string of the molecule is CNC(=O)/C=C/c1c[nH]c2ncnc(OCc3ccccc3)c12. The van der Waals surface area contributed by atoms with Gasteiger partial charge in [-0.05, 0) is 11.6 Å². The van der Waals surface area contributed by atoms with Crippen molar-refractivity contribution in [3.63, 3.8) is 0 Å². The predicted octanol–water partition coefficient (Wildman–Crippen LogP) is 2.30. The lowest BCUT2D eigenvalue weighted by molar-refractivity contribution is -0.115. The molecule has 6 nitrogen and oxygen atoms in total. The van der Waals surface area contributed by atoms with Crippen LogP contribution in [0.25, 0.3) is 17.1 Å². The number of hydrogen-bond donors (Lipinski definition) is 2. The summed E-state index contributed by atoms with van der Waals surface area (Å²) in [6, 6.07) is 9.86. The molecule has 6 heteroatoms. The second-order valence-electron chi connectivity index (χ2n) is 4.87. The number of fused-ring (bicyclic) bond motifs is 1. The van der Waals surface area contributed by atoms with Crippen molar-refractivity contribution in [3.05, 3.63) is 60.1 Å². The fraction of sp³-hybridized carbons (Fsp3) is 0.118. The number of amides is 1. The first-order valence-electron chi connectivity index (χ1n) is 7.16. The largest absolute Gasteiger partial charge is 0.472 e. The van der Waals surface area contributed by atoms with Crippen LogP contribution in [0, 0.1) is 0 Å². The van der Waals surface area contributed by atoms with E-state index in [1.54, 1.807) is 19.3 Å². The van der Waals surface area contributed by atoms with Crippen molar-refractivity contribution in [2.45, 2.75) is 6.61 Å². The monoisotopic (exact) mass is 308 g/mol. The van der Waals surface area contributed by atoms with Gasteiger partial charge in [0.2, 0.25) is 11.8 Å². The lowest BCUT2D eigenvalue weighted by Gasteiger charge is -2.06. The minimum Gasteiger partial charge on any atom is -0.472 e. The third-order valence-corrected chi connectivity index (χ3v) is 3.34. The summed E-state index contributed by atoms with van der Waals surface area (Å²) in [5.74, 6) is 0.305. The highest BCUT2D eigenvalue weighted by atomic mass is 16.5. The van der Waals surface area contributed by atoms with E-state index < -0.39 is 0 Å². The number of hydrogen-bond acceptors (Lipinski definition) is 4. The maximum absolute atomic E-state index is 11.4. The Labute approximate surface area is 133 Å². The number of nitrogens with zero attached hydrogens (tertiary/aromatic N) is 2. The number of H-pyrrole nitrogens is 1. The van der Waals surface area contributed by atoms with Crippen LogP contribution in [0.5, 0.6) is 5.88 Å². The van der Waals surface area contributed by atoms with Crippen LogP contribution >= 0.6 is 0 Å². The van der Waals surface area contributed by atoms with Crippen molar-refractivity contribution in [3.8, 4) is 5.88 Å². The van der Waals surface area contributed by atoms with Gasteiger partial charge in [-0.15, -0.1) is 0 Å². The van der Waals surface area contributed by atoms with Crippen LogP contribution in [0.15, 0.2) is 48.9 Å². The van der Waals surface area contributed by atoms with E-state index in [4.69, 9.17) is 4.74 Å². The summed E-state index contributed by atoms with van der Waals surface area (Å²) < 4.78 is 5.83. The van der Waals surface area contributed by atoms with Gasteiger partial charge in [0.15, 0.2) is 0 Å². The van der Waals surface area contributed by atoms with Crippen LogP contribution in [0.3, 0.4) is 0 Å². The first-order valence-corrected chi connectivity index (χ1v) is 7.16. The van der Waals surface area contributed by atoms with Gasteiger partial charge in [-0.1, -0.05) is 30.3 Å². The Kier molecular flexibility index (Phi) is 4.33. The number of carbonyl (C=O) groups excluding carboxylic acids is 1. The molecule has 0 aliphatic rings. The molecule has 0 fully saturated rings. The highest BCUT2D eigenvalue weighted by molar-refractivity contribution is 5.96. The quantitative estimate of drug-likeness (QED) is 0.709. The van der Waals surface area contributed by atoms with E-state index in [0.717, 1.165) is 16.5 Å². The maximum atomic E-state index is 11.4. The molecular formula is C17H16N4O2. The zero-order valence-electron chi connectivity index (χ0n) is 12.6. The average Bonchev–Trinajstić information content (AvgIpc) is 3.02. The Morgan fingerprint density at radius 2 is 2.13 bits per heavy atom. The normalized spacial score (nSPS) is 11.0. The lowest BCUT2D eigenvalue weighted by Crippen LogP contribution is -2.13. The second-order valence-corrected chi connectivity index (χ2v) is 4.87. The predicted molar refractivity (Wildman–Crippen MR) is 87.8 cm³/mol. The molecule has 0 spiro atoms. The third-order valence-electron chi connectivity index (χ3n) is 3.34. The molecule has 0 radical (unpaired) electrons. The van der Waals surface area contributed by atoms with Crippen LogP contribution in [0.1, 0.15) is 11.1 Å². The zero-order chi connectivity index (χ0) is 16.1. The Hall–Kier alpha value is -3.15. The minimum absolute atomic E-state index is 0.178. The fourth-order valence-corrected chi connectivity index (χ4v) is 2.17. The zero-order valence-corrected chi connectivity index (χ0v) is 12.6. The van der Waals surface area contributed by atoms with Gasteiger partial charge < -0.3 is 15.0 Å². The van der Waals surface area contributed by atoms with Crippen LogP contribution in [-0.2, 0) is 11.4 Å². The molecule has 116 valence electrons. The van der Waals surface area contributed by atoms with E-state index in [1.165, 1.54) is 12.4 Å². The molecule has 1 amide bonds. The van der Waals surface area contributed by atoms with E-state index in [-0.39, 0.29) is 5.91 Å². The molecule has 0 bridgehead atoms. The number of aromatic nitrogens is 3. The van der Waals surface area contributed by atoms with Gasteiger partial charge >= 0.3 is 0 Å². The topological polar surface area (TPSA) is 79.9 Å². The Balaban J connectivity index is 1.89. The van der Waals surface area contributed by atoms with Crippen molar-refractivity contribution < 1.29 is 9.53 Å². The molecular weight excluding hydrogens is 292 g/mol. The van der Waals surface area contributed by atoms with E-state index in [2.05, 4.69) is 20.3 Å². The van der Waals surface area contributed by atoms with Gasteiger partial charge in [0, 0.05) is 24.9 Å². The van der Waals surface area contributed by atoms with Gasteiger partial charge in [-0.3, -0.25) is 4.79 Å². The summed E-state index contributed by atoms with van der Waals surface area (Å²) in [7, 11) is 1.58. The summed E-state index contributed by atoms with van der Waals surface area (Å²) in [4.78, 5) is 22.8. The van der Waals surface area contributed by atoms with Gasteiger partial charge in [-0.25, -0.2) is 9.97 Å². The summed E-state index contributed by atoms with van der Waals surface area (Å²) in [6.45, 7) is 0.413. The molecule has 0 saturated heterocycles. The summed E-state index contributed by atoms with van der Waals surface area (Å²) in [5.41, 5.74) is 2.52. The minimum atomic E-state index is -0.178. The standard InChI is InChI=1S/C17H16N4O2/c1-18-14(22)8-7-13-9-19-16-15(13)17(21-11-20-16)23-10-12-5-3-2-4-6-12/h2-9,11H,10H2,1H3,(H,18,22)(H,19,20,21)/b8-7+. The Morgan fingerprint density at radius 1 is 1.30 bits per heavy atom. The van der Waals surface area contributed by atoms with Gasteiger partial charge in [-0.2, -0.15) is 0 Å². The van der Waals surface area contributed by atoms with Crippen LogP contribution in [0.2, 0.25) is 0 Å². The average molecular weight is 308 g/mol. The van der Waals surface area contributed by atoms with Gasteiger partial charge in [0.05, 0.1) is 5.39 Å².